The Hall–Kier alpha value is -0.550. The second-order valence-corrected chi connectivity index (χ2v) is 7.34. The van der Waals surface area contributed by atoms with Crippen molar-refractivity contribution in [2.45, 2.75) is 43.3 Å². The van der Waals surface area contributed by atoms with Crippen molar-refractivity contribution in [3.63, 3.8) is 0 Å². The van der Waals surface area contributed by atoms with Gasteiger partial charge in [-0.2, -0.15) is 0 Å². The van der Waals surface area contributed by atoms with Gasteiger partial charge in [-0.1, -0.05) is 38.8 Å². The lowest BCUT2D eigenvalue weighted by Gasteiger charge is -2.13. The van der Waals surface area contributed by atoms with E-state index in [-0.39, 0.29) is 32.5 Å². The molecule has 5 heteroatoms. The summed E-state index contributed by atoms with van der Waals surface area (Å²) >= 11 is 6.95. The Balaban J connectivity index is 2.89. The maximum Gasteiger partial charge on any atom is 0.166 e. The number of hydrogen-bond acceptors (Lipinski definition) is 3. The Morgan fingerprint density at radius 3 is 2.37 bits per heavy atom. The lowest BCUT2D eigenvalue weighted by molar-refractivity contribution is 0.0977. The molecule has 106 valence electrons. The topological polar surface area (TPSA) is 57.5 Å². The molecule has 0 unspecified atom stereocenters. The molecular formula is C14H18Br2O3. The first-order valence-electron chi connectivity index (χ1n) is 6.09. The number of ketones is 1. The van der Waals surface area contributed by atoms with E-state index >= 15 is 0 Å². The van der Waals surface area contributed by atoms with Gasteiger partial charge in [-0.3, -0.25) is 4.79 Å². The number of carbonyl (C=O) groups is 1. The molecule has 0 saturated carbocycles. The van der Waals surface area contributed by atoms with Crippen molar-refractivity contribution in [2.24, 2.45) is 0 Å². The number of rotatable bonds is 5. The fourth-order valence-electron chi connectivity index (χ4n) is 1.81. The fraction of sp³-hybridized carbons (Fsp3) is 0.500. The lowest BCUT2D eigenvalue weighted by Crippen LogP contribution is -2.12. The van der Waals surface area contributed by atoms with Crippen molar-refractivity contribution in [1.29, 1.82) is 0 Å². The highest BCUT2D eigenvalue weighted by Gasteiger charge is 2.19. The minimum absolute atomic E-state index is 0.0431. The molecule has 2 N–H and O–H groups in total. The van der Waals surface area contributed by atoms with Crippen molar-refractivity contribution >= 4 is 37.6 Å². The molecule has 1 aromatic carbocycles. The molecule has 0 fully saturated rings. The van der Waals surface area contributed by atoms with Gasteiger partial charge in [0.15, 0.2) is 5.78 Å². The maximum atomic E-state index is 12.1. The van der Waals surface area contributed by atoms with Gasteiger partial charge in [0.2, 0.25) is 0 Å². The highest BCUT2D eigenvalue weighted by molar-refractivity contribution is 9.12. The summed E-state index contributed by atoms with van der Waals surface area (Å²) in [6.07, 6.45) is 1.03. The van der Waals surface area contributed by atoms with Gasteiger partial charge >= 0.3 is 0 Å². The Morgan fingerprint density at radius 1 is 1.26 bits per heavy atom. The molecule has 0 spiro atoms. The second kappa shape index (κ2) is 6.75. The molecule has 0 radical (unpaired) electrons. The van der Waals surface area contributed by atoms with Crippen LogP contribution in [0.4, 0.5) is 0 Å². The Morgan fingerprint density at radius 2 is 1.84 bits per heavy atom. The zero-order chi connectivity index (χ0) is 14.7. The normalized spacial score (nSPS) is 14.2. The first-order chi connectivity index (χ1) is 8.75. The average Bonchev–Trinajstić information content (AvgIpc) is 2.37. The number of Topliss-reactive ketones (excluding diaryl/α,β-unsaturated/α-hetero) is 1. The Bertz CT molecular complexity index is 484. The third kappa shape index (κ3) is 3.96. The van der Waals surface area contributed by atoms with E-state index < -0.39 is 0 Å². The number of aryl methyl sites for hydroxylation is 1. The summed E-state index contributed by atoms with van der Waals surface area (Å²) in [6, 6.07) is 1.54. The van der Waals surface area contributed by atoms with E-state index in [0.29, 0.717) is 24.0 Å². The highest BCUT2D eigenvalue weighted by atomic mass is 79.9. The average molecular weight is 394 g/mol. The van der Waals surface area contributed by atoms with Crippen LogP contribution in [0.2, 0.25) is 0 Å². The number of hydrogen-bond donors (Lipinski definition) is 2. The summed E-state index contributed by atoms with van der Waals surface area (Å²) < 4.78 is 0. The zero-order valence-electron chi connectivity index (χ0n) is 11.2. The lowest BCUT2D eigenvalue weighted by atomic mass is 9.98. The molecule has 1 aromatic rings. The molecule has 0 aliphatic carbocycles. The van der Waals surface area contributed by atoms with Gasteiger partial charge < -0.3 is 10.2 Å². The van der Waals surface area contributed by atoms with E-state index in [1.807, 2.05) is 6.92 Å². The number of carbonyl (C=O) groups excluding carboxylic acids is 1. The molecule has 0 heterocycles. The van der Waals surface area contributed by atoms with Crippen LogP contribution in [0.25, 0.3) is 0 Å². The number of phenols is 2. The zero-order valence-corrected chi connectivity index (χ0v) is 14.4. The summed E-state index contributed by atoms with van der Waals surface area (Å²) in [5, 5.41) is 19.6. The molecule has 3 nitrogen and oxygen atoms in total. The quantitative estimate of drug-likeness (QED) is 0.581. The van der Waals surface area contributed by atoms with Gasteiger partial charge in [0, 0.05) is 21.6 Å². The summed E-state index contributed by atoms with van der Waals surface area (Å²) in [5.74, 6) is -0.186. The van der Waals surface area contributed by atoms with E-state index in [1.165, 1.54) is 0 Å². The van der Waals surface area contributed by atoms with E-state index in [9.17, 15) is 15.0 Å². The number of aromatic hydroxyl groups is 2. The van der Waals surface area contributed by atoms with Crippen LogP contribution in [0.3, 0.4) is 0 Å². The van der Waals surface area contributed by atoms with E-state index in [2.05, 4.69) is 31.9 Å². The summed E-state index contributed by atoms with van der Waals surface area (Å²) in [5.41, 5.74) is 1.24. The van der Waals surface area contributed by atoms with Crippen molar-refractivity contribution in [1.82, 2.24) is 0 Å². The molecule has 19 heavy (non-hydrogen) atoms. The largest absolute Gasteiger partial charge is 0.507 e. The number of benzene rings is 1. The highest BCUT2D eigenvalue weighted by Crippen LogP contribution is 2.34. The first kappa shape index (κ1) is 16.5. The molecule has 2 atom stereocenters. The van der Waals surface area contributed by atoms with Crippen molar-refractivity contribution in [2.75, 3.05) is 0 Å². The summed E-state index contributed by atoms with van der Waals surface area (Å²) in [4.78, 5) is 12.6. The molecule has 0 amide bonds. The van der Waals surface area contributed by atoms with Crippen LogP contribution in [-0.2, 0) is 0 Å². The van der Waals surface area contributed by atoms with Crippen molar-refractivity contribution in [3.8, 4) is 11.5 Å². The van der Waals surface area contributed by atoms with Crippen LogP contribution < -0.4 is 0 Å². The Labute approximate surface area is 130 Å². The monoisotopic (exact) mass is 392 g/mol. The minimum Gasteiger partial charge on any atom is -0.507 e. The van der Waals surface area contributed by atoms with Gasteiger partial charge in [-0.25, -0.2) is 0 Å². The van der Waals surface area contributed by atoms with Gasteiger partial charge in [0.25, 0.3) is 0 Å². The van der Waals surface area contributed by atoms with E-state index in [0.717, 1.165) is 0 Å². The smallest absolute Gasteiger partial charge is 0.166 e. The second-order valence-electron chi connectivity index (χ2n) is 4.72. The van der Waals surface area contributed by atoms with E-state index in [4.69, 9.17) is 0 Å². The molecule has 1 rings (SSSR count). The van der Waals surface area contributed by atoms with Crippen molar-refractivity contribution in [3.05, 3.63) is 22.8 Å². The van der Waals surface area contributed by atoms with Gasteiger partial charge in [-0.15, -0.1) is 0 Å². The fourth-order valence-corrected chi connectivity index (χ4v) is 2.30. The van der Waals surface area contributed by atoms with Crippen LogP contribution in [0, 0.1) is 13.8 Å². The first-order valence-corrected chi connectivity index (χ1v) is 7.92. The van der Waals surface area contributed by atoms with E-state index in [1.54, 1.807) is 19.9 Å². The van der Waals surface area contributed by atoms with Crippen LogP contribution >= 0.6 is 31.9 Å². The number of alkyl halides is 2. The molecule has 0 aliphatic heterocycles. The number of phenolic OH excluding ortho intramolecular Hbond substituents is 2. The third-order valence-electron chi connectivity index (χ3n) is 3.15. The van der Waals surface area contributed by atoms with Gasteiger partial charge in [0.1, 0.15) is 11.5 Å². The van der Waals surface area contributed by atoms with Crippen molar-refractivity contribution < 1.29 is 15.0 Å². The summed E-state index contributed by atoms with van der Waals surface area (Å²) in [6.45, 7) is 5.32. The minimum atomic E-state index is -0.119. The SMILES string of the molecule is Cc1cc(C(=O)CC[C@@H](Br)[C@H](C)Br)c(O)c(C)c1O. The van der Waals surface area contributed by atoms with Crippen LogP contribution in [0.1, 0.15) is 41.3 Å². The van der Waals surface area contributed by atoms with Crippen LogP contribution in [-0.4, -0.2) is 25.7 Å². The van der Waals surface area contributed by atoms with Gasteiger partial charge in [0.05, 0.1) is 5.56 Å². The number of halogens is 2. The predicted molar refractivity (Wildman–Crippen MR) is 83.9 cm³/mol. The standard InChI is InChI=1S/C14H18Br2O3/c1-7-6-10(14(19)8(2)13(7)18)12(17)5-4-11(16)9(3)15/h6,9,11,18-19H,4-5H2,1-3H3/t9-,11+/m0/s1. The molecule has 0 bridgehead atoms. The van der Waals surface area contributed by atoms with Gasteiger partial charge in [-0.05, 0) is 31.9 Å². The molecule has 0 saturated heterocycles. The Kier molecular flexibility index (Phi) is 5.86. The molecule has 0 aromatic heterocycles. The third-order valence-corrected chi connectivity index (χ3v) is 5.74. The van der Waals surface area contributed by atoms with Crippen LogP contribution in [0.15, 0.2) is 6.07 Å². The summed E-state index contributed by atoms with van der Waals surface area (Å²) in [7, 11) is 0. The predicted octanol–water partition coefficient (Wildman–Crippen LogP) is 4.22. The molecule has 0 aliphatic rings. The molecular weight excluding hydrogens is 376 g/mol. The maximum absolute atomic E-state index is 12.1. The van der Waals surface area contributed by atoms with Crippen LogP contribution in [0.5, 0.6) is 11.5 Å².